The standard InChI is InChI=1S/C56H32O3/c1-3-14-33(15-4-1)35-26-27-43-49(31-35)58-50-32-36(37-23-13-24-44-55-48(59-56(37)44)29-28-47-54(55)42-22-11-12-25-46(42)57-47)30-45(53(43)50)52-40-20-9-7-18-38(40)51(34-16-5-2-6-17-34)39-19-8-10-21-41(39)52/h1-32H/i1D,3D,4D,14D,15D. The molecule has 3 heterocycles. The van der Waals surface area contributed by atoms with Gasteiger partial charge in [0.2, 0.25) is 0 Å². The zero-order chi connectivity index (χ0) is 43.0. The maximum Gasteiger partial charge on any atom is 0.143 e. The second-order valence-corrected chi connectivity index (χ2v) is 15.1. The van der Waals surface area contributed by atoms with Crippen molar-refractivity contribution >= 4 is 87.4 Å². The van der Waals surface area contributed by atoms with Crippen molar-refractivity contribution in [2.45, 2.75) is 0 Å². The normalized spacial score (nSPS) is 13.3. The number of furan rings is 3. The van der Waals surface area contributed by atoms with Crippen LogP contribution in [0.25, 0.3) is 132 Å². The van der Waals surface area contributed by atoms with Crippen molar-refractivity contribution in [1.29, 1.82) is 0 Å². The van der Waals surface area contributed by atoms with Gasteiger partial charge in [-0.15, -0.1) is 0 Å². The van der Waals surface area contributed by atoms with Gasteiger partial charge in [0.05, 0.1) is 6.85 Å². The lowest BCUT2D eigenvalue weighted by Gasteiger charge is -2.19. The number of hydrogen-bond acceptors (Lipinski definition) is 3. The lowest BCUT2D eigenvalue weighted by Crippen LogP contribution is -1.92. The Hall–Kier alpha value is -7.88. The monoisotopic (exact) mass is 757 g/mol. The van der Waals surface area contributed by atoms with Crippen LogP contribution in [0.4, 0.5) is 0 Å². The summed E-state index contributed by atoms with van der Waals surface area (Å²) in [6.07, 6.45) is 0. The highest BCUT2D eigenvalue weighted by Crippen LogP contribution is 2.50. The lowest BCUT2D eigenvalue weighted by molar-refractivity contribution is 0.663. The van der Waals surface area contributed by atoms with Gasteiger partial charge in [0.15, 0.2) is 0 Å². The minimum Gasteiger partial charge on any atom is -0.456 e. The fourth-order valence-electron chi connectivity index (χ4n) is 9.47. The smallest absolute Gasteiger partial charge is 0.143 e. The molecule has 3 heteroatoms. The topological polar surface area (TPSA) is 39.4 Å². The highest BCUT2D eigenvalue weighted by molar-refractivity contribution is 6.28. The summed E-state index contributed by atoms with van der Waals surface area (Å²) >= 11 is 0. The van der Waals surface area contributed by atoms with E-state index in [-0.39, 0.29) is 29.7 Å². The van der Waals surface area contributed by atoms with Crippen LogP contribution in [0.1, 0.15) is 6.85 Å². The SMILES string of the molecule is [2H]c1c([2H])c([2H])c(-c2ccc3c(c2)oc2cc(-c4cccc5c4oc4ccc6oc7ccccc7c6c45)cc(-c4c5ccccc5c(-c5ccccc5)c5ccccc45)c23)c([2H])c1[2H]. The minimum atomic E-state index is -0.430. The van der Waals surface area contributed by atoms with Crippen LogP contribution in [0, 0.1) is 0 Å². The van der Waals surface area contributed by atoms with E-state index in [0.29, 0.717) is 16.7 Å². The molecule has 0 unspecified atom stereocenters. The average molecular weight is 758 g/mol. The molecule has 0 saturated heterocycles. The van der Waals surface area contributed by atoms with Crippen LogP contribution >= 0.6 is 0 Å². The largest absolute Gasteiger partial charge is 0.456 e. The van der Waals surface area contributed by atoms with E-state index in [1.165, 1.54) is 0 Å². The molecule has 0 bridgehead atoms. The third kappa shape index (κ3) is 4.70. The first-order valence-electron chi connectivity index (χ1n) is 22.2. The van der Waals surface area contributed by atoms with Crippen molar-refractivity contribution in [2.75, 3.05) is 0 Å². The summed E-state index contributed by atoms with van der Waals surface area (Å²) in [7, 11) is 0. The van der Waals surface area contributed by atoms with Crippen molar-refractivity contribution < 1.29 is 20.1 Å². The van der Waals surface area contributed by atoms with E-state index in [9.17, 15) is 0 Å². The Morgan fingerprint density at radius 1 is 0.305 bits per heavy atom. The second-order valence-electron chi connectivity index (χ2n) is 15.1. The summed E-state index contributed by atoms with van der Waals surface area (Å²) in [5.41, 5.74) is 11.0. The van der Waals surface area contributed by atoms with Crippen LogP contribution in [-0.2, 0) is 0 Å². The highest BCUT2D eigenvalue weighted by Gasteiger charge is 2.24. The molecule has 0 aliphatic rings. The van der Waals surface area contributed by atoms with Crippen LogP contribution < -0.4 is 0 Å². The minimum absolute atomic E-state index is 0.124. The van der Waals surface area contributed by atoms with E-state index in [1.807, 2.05) is 48.5 Å². The van der Waals surface area contributed by atoms with Crippen molar-refractivity contribution in [3.05, 3.63) is 194 Å². The Kier molecular flexibility index (Phi) is 5.77. The van der Waals surface area contributed by atoms with Crippen molar-refractivity contribution in [1.82, 2.24) is 0 Å². The Balaban J connectivity index is 1.15. The number of benzene rings is 10. The maximum absolute atomic E-state index is 8.75. The van der Waals surface area contributed by atoms with E-state index in [4.69, 9.17) is 20.1 Å². The summed E-state index contributed by atoms with van der Waals surface area (Å²) in [5.74, 6) is 0. The molecule has 0 saturated carbocycles. The summed E-state index contributed by atoms with van der Waals surface area (Å²) in [4.78, 5) is 0. The molecule has 0 radical (unpaired) electrons. The predicted molar refractivity (Wildman–Crippen MR) is 245 cm³/mol. The van der Waals surface area contributed by atoms with Gasteiger partial charge in [-0.2, -0.15) is 0 Å². The molecule has 0 fully saturated rings. The van der Waals surface area contributed by atoms with Gasteiger partial charge in [0.1, 0.15) is 33.5 Å². The fourth-order valence-corrected chi connectivity index (χ4v) is 9.47. The molecular formula is C56H32O3. The van der Waals surface area contributed by atoms with Gasteiger partial charge < -0.3 is 13.3 Å². The second kappa shape index (κ2) is 12.3. The molecule has 0 spiro atoms. The molecular weight excluding hydrogens is 721 g/mol. The Morgan fingerprint density at radius 3 is 1.66 bits per heavy atom. The fraction of sp³-hybridized carbons (Fsp3) is 0. The van der Waals surface area contributed by atoms with Gasteiger partial charge in [-0.3, -0.25) is 0 Å². The highest BCUT2D eigenvalue weighted by atomic mass is 16.3. The molecule has 0 aliphatic heterocycles. The maximum atomic E-state index is 8.75. The van der Waals surface area contributed by atoms with Gasteiger partial charge in [-0.1, -0.05) is 152 Å². The quantitative estimate of drug-likeness (QED) is 0.168. The average Bonchev–Trinajstić information content (AvgIpc) is 4.03. The third-order valence-electron chi connectivity index (χ3n) is 11.9. The van der Waals surface area contributed by atoms with Crippen LogP contribution in [0.3, 0.4) is 0 Å². The molecule has 3 nitrogen and oxygen atoms in total. The first-order chi connectivity index (χ1) is 31.3. The molecule has 0 N–H and O–H groups in total. The molecule has 13 aromatic rings. The van der Waals surface area contributed by atoms with E-state index in [2.05, 4.69) is 109 Å². The number of fused-ring (bicyclic) bond motifs is 12. The Labute approximate surface area is 345 Å². The van der Waals surface area contributed by atoms with Gasteiger partial charge in [0, 0.05) is 37.9 Å². The van der Waals surface area contributed by atoms with Crippen molar-refractivity contribution in [3.63, 3.8) is 0 Å². The van der Waals surface area contributed by atoms with Gasteiger partial charge in [0.25, 0.3) is 0 Å². The lowest BCUT2D eigenvalue weighted by atomic mass is 9.84. The summed E-state index contributed by atoms with van der Waals surface area (Å²) < 4.78 is 62.5. The summed E-state index contributed by atoms with van der Waals surface area (Å²) in [6.45, 7) is 0. The predicted octanol–water partition coefficient (Wildman–Crippen LogP) is 16.4. The van der Waals surface area contributed by atoms with Crippen molar-refractivity contribution in [2.24, 2.45) is 0 Å². The zero-order valence-electron chi connectivity index (χ0n) is 36.3. The number of hydrogen-bond donors (Lipinski definition) is 0. The molecule has 0 amide bonds. The molecule has 59 heavy (non-hydrogen) atoms. The molecule has 0 atom stereocenters. The number of rotatable bonds is 4. The third-order valence-corrected chi connectivity index (χ3v) is 11.9. The van der Waals surface area contributed by atoms with E-state index in [0.717, 1.165) is 110 Å². The summed E-state index contributed by atoms with van der Waals surface area (Å²) in [6, 6.07) is 54.2. The summed E-state index contributed by atoms with van der Waals surface area (Å²) in [5, 5.41) is 10.2. The van der Waals surface area contributed by atoms with E-state index < -0.39 is 6.04 Å². The van der Waals surface area contributed by atoms with E-state index in [1.54, 1.807) is 6.07 Å². The van der Waals surface area contributed by atoms with Crippen LogP contribution in [0.15, 0.2) is 207 Å². The number of para-hydroxylation sites is 2. The van der Waals surface area contributed by atoms with Crippen LogP contribution in [0.2, 0.25) is 0 Å². The Morgan fingerprint density at radius 2 is 0.898 bits per heavy atom. The molecule has 274 valence electrons. The van der Waals surface area contributed by atoms with Crippen LogP contribution in [-0.4, -0.2) is 0 Å². The molecule has 10 aromatic carbocycles. The molecule has 13 rings (SSSR count). The first kappa shape index (κ1) is 27.7. The first-order valence-corrected chi connectivity index (χ1v) is 19.7. The Bertz CT molecular complexity index is 4060. The van der Waals surface area contributed by atoms with Gasteiger partial charge in [-0.05, 0) is 103 Å². The zero-order valence-corrected chi connectivity index (χ0v) is 31.3. The van der Waals surface area contributed by atoms with Gasteiger partial charge in [-0.25, -0.2) is 0 Å². The van der Waals surface area contributed by atoms with E-state index >= 15 is 0 Å². The van der Waals surface area contributed by atoms with Crippen molar-refractivity contribution in [3.8, 4) is 44.5 Å². The molecule has 0 aliphatic carbocycles. The van der Waals surface area contributed by atoms with Crippen LogP contribution in [0.5, 0.6) is 0 Å². The van der Waals surface area contributed by atoms with Gasteiger partial charge >= 0.3 is 0 Å². The molecule has 3 aromatic heterocycles.